The maximum absolute atomic E-state index is 8.95. The summed E-state index contributed by atoms with van der Waals surface area (Å²) < 4.78 is 5.15. The Morgan fingerprint density at radius 1 is 1.00 bits per heavy atom. The van der Waals surface area contributed by atoms with Crippen LogP contribution in [0.25, 0.3) is 0 Å². The van der Waals surface area contributed by atoms with Crippen LogP contribution >= 0.6 is 0 Å². The van der Waals surface area contributed by atoms with Crippen molar-refractivity contribution >= 4 is 0 Å². The van der Waals surface area contributed by atoms with E-state index in [1.165, 1.54) is 5.56 Å². The van der Waals surface area contributed by atoms with Gasteiger partial charge in [-0.2, -0.15) is 0 Å². The summed E-state index contributed by atoms with van der Waals surface area (Å²) in [5.74, 6) is 0.895. The topological polar surface area (TPSA) is 42.4 Å². The maximum atomic E-state index is 8.95. The quantitative estimate of drug-likeness (QED) is 0.842. The van der Waals surface area contributed by atoms with E-state index in [9.17, 15) is 0 Å². The molecule has 1 aromatic heterocycles. The number of aliphatic hydroxyl groups excluding tert-OH is 1. The first-order valence-electron chi connectivity index (χ1n) is 6.99. The van der Waals surface area contributed by atoms with Crippen LogP contribution in [0.1, 0.15) is 23.2 Å². The summed E-state index contributed by atoms with van der Waals surface area (Å²) in [6, 6.07) is 12.3. The molecule has 0 saturated carbocycles. The molecule has 3 nitrogen and oxygen atoms in total. The fourth-order valence-corrected chi connectivity index (χ4v) is 2.22. The SMILES string of the molecule is COc1ccc(CCCc2cc(CCO)ccn2)cc1. The summed E-state index contributed by atoms with van der Waals surface area (Å²) in [7, 11) is 1.68. The van der Waals surface area contributed by atoms with Crippen molar-refractivity contribution in [1.29, 1.82) is 0 Å². The number of benzene rings is 1. The molecule has 0 aliphatic carbocycles. The van der Waals surface area contributed by atoms with Gasteiger partial charge in [-0.3, -0.25) is 4.98 Å². The van der Waals surface area contributed by atoms with Crippen LogP contribution < -0.4 is 4.74 Å². The van der Waals surface area contributed by atoms with Crippen molar-refractivity contribution in [2.45, 2.75) is 25.7 Å². The predicted molar refractivity (Wildman–Crippen MR) is 80.0 cm³/mol. The summed E-state index contributed by atoms with van der Waals surface area (Å²) in [5, 5.41) is 8.95. The summed E-state index contributed by atoms with van der Waals surface area (Å²) in [6.07, 6.45) is 5.60. The largest absolute Gasteiger partial charge is 0.497 e. The number of aliphatic hydroxyl groups is 1. The fourth-order valence-electron chi connectivity index (χ4n) is 2.22. The molecule has 0 radical (unpaired) electrons. The number of methoxy groups -OCH3 is 1. The van der Waals surface area contributed by atoms with E-state index in [-0.39, 0.29) is 6.61 Å². The van der Waals surface area contributed by atoms with Crippen LogP contribution in [0.15, 0.2) is 42.6 Å². The lowest BCUT2D eigenvalue weighted by atomic mass is 10.1. The maximum Gasteiger partial charge on any atom is 0.118 e. The van der Waals surface area contributed by atoms with Crippen molar-refractivity contribution in [3.63, 3.8) is 0 Å². The van der Waals surface area contributed by atoms with Gasteiger partial charge in [0, 0.05) is 18.5 Å². The normalized spacial score (nSPS) is 10.5. The van der Waals surface area contributed by atoms with Crippen LogP contribution in [0, 0.1) is 0 Å². The van der Waals surface area contributed by atoms with Crippen molar-refractivity contribution in [2.75, 3.05) is 13.7 Å². The van der Waals surface area contributed by atoms with Gasteiger partial charge >= 0.3 is 0 Å². The van der Waals surface area contributed by atoms with Gasteiger partial charge in [-0.25, -0.2) is 0 Å². The smallest absolute Gasteiger partial charge is 0.118 e. The second-order valence-corrected chi connectivity index (χ2v) is 4.83. The molecular formula is C17H21NO2. The third kappa shape index (κ3) is 4.35. The average Bonchev–Trinajstić information content (AvgIpc) is 2.49. The molecule has 1 aromatic carbocycles. The first-order chi connectivity index (χ1) is 9.81. The fraction of sp³-hybridized carbons (Fsp3) is 0.353. The van der Waals surface area contributed by atoms with Crippen molar-refractivity contribution in [2.24, 2.45) is 0 Å². The van der Waals surface area contributed by atoms with Gasteiger partial charge in [0.05, 0.1) is 7.11 Å². The van der Waals surface area contributed by atoms with Gasteiger partial charge in [-0.1, -0.05) is 12.1 Å². The predicted octanol–water partition coefficient (Wildman–Crippen LogP) is 2.80. The molecule has 106 valence electrons. The van der Waals surface area contributed by atoms with Crippen LogP contribution in [-0.4, -0.2) is 23.8 Å². The molecule has 2 rings (SSSR count). The highest BCUT2D eigenvalue weighted by molar-refractivity contribution is 5.27. The lowest BCUT2D eigenvalue weighted by molar-refractivity contribution is 0.299. The first kappa shape index (κ1) is 14.5. The van der Waals surface area contributed by atoms with Gasteiger partial charge in [0.25, 0.3) is 0 Å². The minimum Gasteiger partial charge on any atom is -0.497 e. The molecule has 2 aromatic rings. The molecule has 0 bridgehead atoms. The van der Waals surface area contributed by atoms with Crippen LogP contribution in [0.2, 0.25) is 0 Å². The number of ether oxygens (including phenoxy) is 1. The van der Waals surface area contributed by atoms with Gasteiger partial charge in [-0.15, -0.1) is 0 Å². The zero-order valence-electron chi connectivity index (χ0n) is 11.9. The van der Waals surface area contributed by atoms with E-state index >= 15 is 0 Å². The number of nitrogens with zero attached hydrogens (tertiary/aromatic N) is 1. The highest BCUT2D eigenvalue weighted by Crippen LogP contribution is 2.13. The molecule has 0 unspecified atom stereocenters. The Balaban J connectivity index is 1.84. The molecule has 0 amide bonds. The van der Waals surface area contributed by atoms with Gasteiger partial charge < -0.3 is 9.84 Å². The number of pyridine rings is 1. The zero-order valence-corrected chi connectivity index (χ0v) is 11.9. The van der Waals surface area contributed by atoms with Crippen LogP contribution in [0.4, 0.5) is 0 Å². The lowest BCUT2D eigenvalue weighted by Gasteiger charge is -2.05. The Hall–Kier alpha value is -1.87. The molecule has 0 saturated heterocycles. The minimum absolute atomic E-state index is 0.190. The molecule has 0 atom stereocenters. The molecule has 1 N–H and O–H groups in total. The molecule has 0 aliphatic heterocycles. The van der Waals surface area contributed by atoms with Crippen LogP contribution in [0.3, 0.4) is 0 Å². The Morgan fingerprint density at radius 2 is 1.80 bits per heavy atom. The molecule has 0 aliphatic rings. The van der Waals surface area contributed by atoms with E-state index in [1.807, 2.05) is 24.4 Å². The second-order valence-electron chi connectivity index (χ2n) is 4.83. The first-order valence-corrected chi connectivity index (χ1v) is 6.99. The number of aryl methyl sites for hydroxylation is 2. The molecule has 1 heterocycles. The summed E-state index contributed by atoms with van der Waals surface area (Å²) >= 11 is 0. The van der Waals surface area contributed by atoms with Gasteiger partial charge in [0.1, 0.15) is 5.75 Å². The number of rotatable bonds is 7. The van der Waals surface area contributed by atoms with E-state index in [0.717, 1.165) is 36.3 Å². The Kier molecular flexibility index (Phi) is 5.56. The Bertz CT molecular complexity index is 523. The van der Waals surface area contributed by atoms with Crippen molar-refractivity contribution in [3.8, 4) is 5.75 Å². The number of aromatic nitrogens is 1. The van der Waals surface area contributed by atoms with Crippen molar-refractivity contribution in [3.05, 3.63) is 59.4 Å². The van der Waals surface area contributed by atoms with Gasteiger partial charge in [-0.05, 0) is 61.1 Å². The van der Waals surface area contributed by atoms with E-state index in [0.29, 0.717) is 6.42 Å². The van der Waals surface area contributed by atoms with Crippen LogP contribution in [-0.2, 0) is 19.3 Å². The van der Waals surface area contributed by atoms with E-state index in [4.69, 9.17) is 9.84 Å². The van der Waals surface area contributed by atoms with Gasteiger partial charge in [0.15, 0.2) is 0 Å². The monoisotopic (exact) mass is 271 g/mol. The molecule has 20 heavy (non-hydrogen) atoms. The molecule has 0 spiro atoms. The second kappa shape index (κ2) is 7.65. The minimum atomic E-state index is 0.190. The zero-order chi connectivity index (χ0) is 14.2. The standard InChI is InChI=1S/C17H21NO2/c1-20-17-7-5-14(6-8-17)3-2-4-16-13-15(10-12-19)9-11-18-16/h5-9,11,13,19H,2-4,10,12H2,1H3. The Morgan fingerprint density at radius 3 is 2.50 bits per heavy atom. The molecule has 0 fully saturated rings. The summed E-state index contributed by atoms with van der Waals surface area (Å²) in [4.78, 5) is 4.38. The molecular weight excluding hydrogens is 250 g/mol. The third-order valence-corrected chi connectivity index (χ3v) is 3.34. The van der Waals surface area contributed by atoms with E-state index in [1.54, 1.807) is 7.11 Å². The van der Waals surface area contributed by atoms with Crippen LogP contribution in [0.5, 0.6) is 5.75 Å². The highest BCUT2D eigenvalue weighted by Gasteiger charge is 1.99. The number of hydrogen-bond donors (Lipinski definition) is 1. The average molecular weight is 271 g/mol. The van der Waals surface area contributed by atoms with E-state index in [2.05, 4.69) is 23.2 Å². The number of hydrogen-bond acceptors (Lipinski definition) is 3. The van der Waals surface area contributed by atoms with Gasteiger partial charge in [0.2, 0.25) is 0 Å². The summed E-state index contributed by atoms with van der Waals surface area (Å²) in [5.41, 5.74) is 3.57. The molecule has 3 heteroatoms. The lowest BCUT2D eigenvalue weighted by Crippen LogP contribution is -1.97. The third-order valence-electron chi connectivity index (χ3n) is 3.34. The van der Waals surface area contributed by atoms with Crippen molar-refractivity contribution in [1.82, 2.24) is 4.98 Å². The highest BCUT2D eigenvalue weighted by atomic mass is 16.5. The van der Waals surface area contributed by atoms with Crippen molar-refractivity contribution < 1.29 is 9.84 Å². The Labute approximate surface area is 120 Å². The van der Waals surface area contributed by atoms with E-state index < -0.39 is 0 Å². The summed E-state index contributed by atoms with van der Waals surface area (Å²) in [6.45, 7) is 0.190.